The Morgan fingerprint density at radius 1 is 1.31 bits per heavy atom. The molecule has 1 heterocycles. The first-order chi connectivity index (χ1) is 12.3. The van der Waals surface area contributed by atoms with Gasteiger partial charge in [0.1, 0.15) is 5.03 Å². The molecular weight excluding hydrogens is 414 g/mol. The third kappa shape index (κ3) is 5.57. The van der Waals surface area contributed by atoms with Gasteiger partial charge in [-0.15, -0.1) is 11.8 Å². The minimum absolute atomic E-state index is 0.0327. The normalized spacial score (nSPS) is 10.7. The zero-order valence-corrected chi connectivity index (χ0v) is 17.6. The van der Waals surface area contributed by atoms with E-state index in [1.165, 1.54) is 16.7 Å². The summed E-state index contributed by atoms with van der Waals surface area (Å²) in [7, 11) is 1.62. The van der Waals surface area contributed by atoms with Gasteiger partial charge in [-0.05, 0) is 42.8 Å². The van der Waals surface area contributed by atoms with E-state index in [0.29, 0.717) is 15.8 Å². The molecular formula is C19H22BrN3O2S. The van der Waals surface area contributed by atoms with Crippen LogP contribution in [0.3, 0.4) is 0 Å². The van der Waals surface area contributed by atoms with Crippen LogP contribution in [-0.4, -0.2) is 40.5 Å². The van der Waals surface area contributed by atoms with E-state index in [4.69, 9.17) is 0 Å². The molecule has 5 nitrogen and oxygen atoms in total. The second kappa shape index (κ2) is 9.19. The second-order valence-electron chi connectivity index (χ2n) is 6.19. The van der Waals surface area contributed by atoms with Crippen LogP contribution >= 0.6 is 27.7 Å². The van der Waals surface area contributed by atoms with Gasteiger partial charge in [0.2, 0.25) is 5.91 Å². The maximum Gasteiger partial charge on any atom is 0.256 e. The minimum Gasteiger partial charge on any atom is -0.332 e. The van der Waals surface area contributed by atoms with E-state index in [2.05, 4.69) is 26.2 Å². The van der Waals surface area contributed by atoms with Gasteiger partial charge in [0.05, 0.1) is 12.1 Å². The van der Waals surface area contributed by atoms with Crippen molar-refractivity contribution in [1.82, 2.24) is 9.88 Å². The molecule has 0 fully saturated rings. The van der Waals surface area contributed by atoms with E-state index in [9.17, 15) is 9.59 Å². The fraction of sp³-hybridized carbons (Fsp3) is 0.316. The molecule has 0 aliphatic carbocycles. The number of benzene rings is 1. The van der Waals surface area contributed by atoms with E-state index in [1.54, 1.807) is 25.4 Å². The number of carbonyl (C=O) groups is 2. The molecule has 0 radical (unpaired) electrons. The van der Waals surface area contributed by atoms with Gasteiger partial charge in [0.15, 0.2) is 0 Å². The van der Waals surface area contributed by atoms with Crippen LogP contribution in [0, 0.1) is 6.92 Å². The third-order valence-corrected chi connectivity index (χ3v) is 5.05. The lowest BCUT2D eigenvalue weighted by Crippen LogP contribution is -2.35. The molecule has 2 rings (SSSR count). The van der Waals surface area contributed by atoms with Crippen molar-refractivity contribution in [2.45, 2.75) is 31.0 Å². The summed E-state index contributed by atoms with van der Waals surface area (Å²) in [5.41, 5.74) is 2.20. The Balaban J connectivity index is 2.06. The molecule has 2 aromatic rings. The highest BCUT2D eigenvalue weighted by atomic mass is 79.9. The fourth-order valence-corrected chi connectivity index (χ4v) is 3.65. The van der Waals surface area contributed by atoms with Crippen LogP contribution in [0.4, 0.5) is 5.69 Å². The summed E-state index contributed by atoms with van der Waals surface area (Å²) >= 11 is 4.93. The topological polar surface area (TPSA) is 62.3 Å². The molecule has 1 N–H and O–H groups in total. The van der Waals surface area contributed by atoms with Gasteiger partial charge in [-0.3, -0.25) is 9.59 Å². The third-order valence-electron chi connectivity index (χ3n) is 3.54. The number of aryl methyl sites for hydroxylation is 1. The van der Waals surface area contributed by atoms with E-state index >= 15 is 0 Å². The average molecular weight is 436 g/mol. The maximum absolute atomic E-state index is 12.7. The second-order valence-corrected chi connectivity index (χ2v) is 8.67. The molecule has 0 atom stereocenters. The number of pyridine rings is 1. The first-order valence-corrected chi connectivity index (χ1v) is 9.88. The molecule has 7 heteroatoms. The highest BCUT2D eigenvalue weighted by molar-refractivity contribution is 9.10. The van der Waals surface area contributed by atoms with Crippen molar-refractivity contribution in [3.8, 4) is 0 Å². The Labute approximate surface area is 166 Å². The predicted octanol–water partition coefficient (Wildman–Crippen LogP) is 4.36. The number of aromatic nitrogens is 1. The van der Waals surface area contributed by atoms with Crippen LogP contribution in [0.5, 0.6) is 0 Å². The van der Waals surface area contributed by atoms with E-state index in [1.807, 2.05) is 39.0 Å². The average Bonchev–Trinajstić information content (AvgIpc) is 2.56. The van der Waals surface area contributed by atoms with E-state index < -0.39 is 0 Å². The summed E-state index contributed by atoms with van der Waals surface area (Å²) < 4.78 is 0.951. The summed E-state index contributed by atoms with van der Waals surface area (Å²) in [5.74, 6) is -0.461. The van der Waals surface area contributed by atoms with Gasteiger partial charge in [0, 0.05) is 28.7 Å². The quantitative estimate of drug-likeness (QED) is 0.684. The Morgan fingerprint density at radius 2 is 2.04 bits per heavy atom. The Morgan fingerprint density at radius 3 is 2.69 bits per heavy atom. The smallest absolute Gasteiger partial charge is 0.256 e. The first kappa shape index (κ1) is 20.5. The molecule has 0 unspecified atom stereocenters. The lowest BCUT2D eigenvalue weighted by Gasteiger charge is -2.19. The number of nitrogens with zero attached hydrogens (tertiary/aromatic N) is 2. The number of hydrogen-bond donors (Lipinski definition) is 1. The standard InChI is InChI=1S/C19H22BrN3O2S/c1-12(2)26-18-15(6-5-9-21-18)19(25)23(4)11-17(24)22-16-8-7-14(20)10-13(16)3/h5-10,12H,11H2,1-4H3,(H,22,24). The molecule has 0 bridgehead atoms. The molecule has 0 saturated heterocycles. The van der Waals surface area contributed by atoms with Crippen LogP contribution in [0.25, 0.3) is 0 Å². The number of amides is 2. The minimum atomic E-state index is -0.242. The highest BCUT2D eigenvalue weighted by Gasteiger charge is 2.19. The van der Waals surface area contributed by atoms with Crippen molar-refractivity contribution in [3.05, 3.63) is 52.1 Å². The number of carbonyl (C=O) groups excluding carboxylic acids is 2. The van der Waals surface area contributed by atoms with Crippen LogP contribution in [-0.2, 0) is 4.79 Å². The van der Waals surface area contributed by atoms with Gasteiger partial charge < -0.3 is 10.2 Å². The number of halogens is 1. The number of likely N-dealkylation sites (N-methyl/N-ethyl adjacent to an activating group) is 1. The molecule has 1 aromatic heterocycles. The van der Waals surface area contributed by atoms with E-state index in [0.717, 1.165) is 15.7 Å². The van der Waals surface area contributed by atoms with Crippen LogP contribution in [0.1, 0.15) is 29.8 Å². The molecule has 1 aromatic carbocycles. The monoisotopic (exact) mass is 435 g/mol. The van der Waals surface area contributed by atoms with Crippen molar-refractivity contribution < 1.29 is 9.59 Å². The summed E-state index contributed by atoms with van der Waals surface area (Å²) in [5, 5.41) is 3.84. The highest BCUT2D eigenvalue weighted by Crippen LogP contribution is 2.25. The SMILES string of the molecule is Cc1cc(Br)ccc1NC(=O)CN(C)C(=O)c1cccnc1SC(C)C. The van der Waals surface area contributed by atoms with Crippen LogP contribution in [0.2, 0.25) is 0 Å². The Kier molecular flexibility index (Phi) is 7.23. The molecule has 2 amide bonds. The molecule has 26 heavy (non-hydrogen) atoms. The Bertz CT molecular complexity index is 811. The maximum atomic E-state index is 12.7. The molecule has 0 saturated carbocycles. The van der Waals surface area contributed by atoms with Gasteiger partial charge in [-0.1, -0.05) is 29.8 Å². The van der Waals surface area contributed by atoms with Gasteiger partial charge >= 0.3 is 0 Å². The van der Waals surface area contributed by atoms with Crippen molar-refractivity contribution in [3.63, 3.8) is 0 Å². The number of thioether (sulfide) groups is 1. The summed E-state index contributed by atoms with van der Waals surface area (Å²) in [4.78, 5) is 30.8. The van der Waals surface area contributed by atoms with Gasteiger partial charge in [0.25, 0.3) is 5.91 Å². The number of anilines is 1. The molecule has 0 aliphatic rings. The molecule has 138 valence electrons. The molecule has 0 aliphatic heterocycles. The molecule has 0 spiro atoms. The summed E-state index contributed by atoms with van der Waals surface area (Å²) in [6.07, 6.45) is 1.67. The number of rotatable bonds is 6. The Hall–Kier alpha value is -1.86. The largest absolute Gasteiger partial charge is 0.332 e. The summed E-state index contributed by atoms with van der Waals surface area (Å²) in [6.45, 7) is 5.98. The van der Waals surface area contributed by atoms with Crippen molar-refractivity contribution in [1.29, 1.82) is 0 Å². The zero-order valence-electron chi connectivity index (χ0n) is 15.2. The zero-order chi connectivity index (χ0) is 19.3. The fourth-order valence-electron chi connectivity index (χ4n) is 2.32. The first-order valence-electron chi connectivity index (χ1n) is 8.21. The number of nitrogens with one attached hydrogen (secondary N) is 1. The summed E-state index contributed by atoms with van der Waals surface area (Å²) in [6, 6.07) is 9.10. The van der Waals surface area contributed by atoms with Crippen LogP contribution in [0.15, 0.2) is 46.0 Å². The predicted molar refractivity (Wildman–Crippen MR) is 110 cm³/mol. The van der Waals surface area contributed by atoms with Gasteiger partial charge in [-0.25, -0.2) is 4.98 Å². The number of hydrogen-bond acceptors (Lipinski definition) is 4. The van der Waals surface area contributed by atoms with Crippen LogP contribution < -0.4 is 5.32 Å². The van der Waals surface area contributed by atoms with Crippen molar-refractivity contribution >= 4 is 45.2 Å². The van der Waals surface area contributed by atoms with Gasteiger partial charge in [-0.2, -0.15) is 0 Å². The lowest BCUT2D eigenvalue weighted by molar-refractivity contribution is -0.116. The lowest BCUT2D eigenvalue weighted by atomic mass is 10.2. The van der Waals surface area contributed by atoms with E-state index in [-0.39, 0.29) is 18.4 Å². The van der Waals surface area contributed by atoms with Crippen molar-refractivity contribution in [2.75, 3.05) is 18.9 Å². The van der Waals surface area contributed by atoms with Crippen molar-refractivity contribution in [2.24, 2.45) is 0 Å².